The lowest BCUT2D eigenvalue weighted by Gasteiger charge is -2.16. The molecule has 0 spiro atoms. The number of rotatable bonds is 8. The van der Waals surface area contributed by atoms with Crippen molar-refractivity contribution >= 4 is 0 Å². The summed E-state index contributed by atoms with van der Waals surface area (Å²) in [5.74, 6) is 0. The molecule has 2 N–H and O–H groups in total. The van der Waals surface area contributed by atoms with Gasteiger partial charge in [-0.2, -0.15) is 0 Å². The summed E-state index contributed by atoms with van der Waals surface area (Å²) in [4.78, 5) is 0. The molecular formula is C10H22O4. The monoisotopic (exact) mass is 206 g/mol. The van der Waals surface area contributed by atoms with Crippen LogP contribution in [0.15, 0.2) is 0 Å². The predicted octanol–water partition coefficient (Wildman–Crippen LogP) is 0.560. The van der Waals surface area contributed by atoms with E-state index >= 15 is 0 Å². The number of aliphatic hydroxyl groups excluding tert-OH is 2. The van der Waals surface area contributed by atoms with Crippen LogP contribution in [-0.2, 0) is 9.47 Å². The van der Waals surface area contributed by atoms with Gasteiger partial charge >= 0.3 is 0 Å². The number of hydrogen-bond donors (Lipinski definition) is 2. The minimum atomic E-state index is -0.496. The first-order valence-corrected chi connectivity index (χ1v) is 5.03. The zero-order valence-corrected chi connectivity index (χ0v) is 9.27. The Labute approximate surface area is 85.8 Å². The van der Waals surface area contributed by atoms with Crippen LogP contribution in [0, 0.1) is 0 Å². The third-order valence-electron chi connectivity index (χ3n) is 1.89. The minimum absolute atomic E-state index is 0.00111. The Morgan fingerprint density at radius 2 is 1.71 bits per heavy atom. The molecule has 3 unspecified atom stereocenters. The van der Waals surface area contributed by atoms with E-state index in [9.17, 15) is 5.11 Å². The van der Waals surface area contributed by atoms with Gasteiger partial charge in [-0.25, -0.2) is 0 Å². The molecular weight excluding hydrogens is 184 g/mol. The molecule has 0 fully saturated rings. The summed E-state index contributed by atoms with van der Waals surface area (Å²) in [7, 11) is 1.61. The zero-order chi connectivity index (χ0) is 11.0. The van der Waals surface area contributed by atoms with Gasteiger partial charge < -0.3 is 19.7 Å². The molecule has 0 bridgehead atoms. The van der Waals surface area contributed by atoms with Gasteiger partial charge in [-0.1, -0.05) is 0 Å². The van der Waals surface area contributed by atoms with Crippen LogP contribution >= 0.6 is 0 Å². The topological polar surface area (TPSA) is 58.9 Å². The van der Waals surface area contributed by atoms with Gasteiger partial charge in [0.1, 0.15) is 0 Å². The van der Waals surface area contributed by atoms with Crippen LogP contribution < -0.4 is 0 Å². The molecule has 3 atom stereocenters. The molecule has 0 aliphatic rings. The van der Waals surface area contributed by atoms with Crippen molar-refractivity contribution < 1.29 is 19.7 Å². The van der Waals surface area contributed by atoms with Crippen molar-refractivity contribution in [3.8, 4) is 0 Å². The minimum Gasteiger partial charge on any atom is -0.393 e. The van der Waals surface area contributed by atoms with Crippen LogP contribution in [0.3, 0.4) is 0 Å². The Balaban J connectivity index is 3.38. The average molecular weight is 206 g/mol. The fourth-order valence-electron chi connectivity index (χ4n) is 1.08. The van der Waals surface area contributed by atoms with E-state index < -0.39 is 6.10 Å². The first kappa shape index (κ1) is 13.8. The molecule has 4 nitrogen and oxygen atoms in total. The number of methoxy groups -OCH3 is 1. The number of ether oxygens (including phenoxy) is 2. The van der Waals surface area contributed by atoms with Crippen LogP contribution in [0.5, 0.6) is 0 Å². The number of hydrogen-bond acceptors (Lipinski definition) is 4. The summed E-state index contributed by atoms with van der Waals surface area (Å²) in [5, 5.41) is 18.4. The fraction of sp³-hybridized carbons (Fsp3) is 1.00. The van der Waals surface area contributed by atoms with Gasteiger partial charge in [0.15, 0.2) is 0 Å². The maximum absolute atomic E-state index is 9.44. The Kier molecular flexibility index (Phi) is 8.08. The van der Waals surface area contributed by atoms with Crippen LogP contribution in [-0.4, -0.2) is 48.8 Å². The Morgan fingerprint density at radius 3 is 2.21 bits per heavy atom. The highest BCUT2D eigenvalue weighted by molar-refractivity contribution is 4.58. The van der Waals surface area contributed by atoms with Crippen molar-refractivity contribution in [3.05, 3.63) is 0 Å². The van der Waals surface area contributed by atoms with E-state index in [4.69, 9.17) is 14.6 Å². The predicted molar refractivity (Wildman–Crippen MR) is 54.2 cm³/mol. The molecule has 86 valence electrons. The molecule has 14 heavy (non-hydrogen) atoms. The van der Waals surface area contributed by atoms with E-state index in [2.05, 4.69) is 0 Å². The summed E-state index contributed by atoms with van der Waals surface area (Å²) in [6.45, 7) is 4.44. The van der Waals surface area contributed by atoms with Crippen molar-refractivity contribution in [2.75, 3.05) is 20.3 Å². The van der Waals surface area contributed by atoms with E-state index in [1.807, 2.05) is 6.92 Å². The standard InChI is InChI=1S/C10H22O4/c1-8(11)4-5-10(12)7-14-9(2)6-13-3/h8-12H,4-7H2,1-3H3. The maximum atomic E-state index is 9.44. The molecule has 0 amide bonds. The molecule has 4 heteroatoms. The van der Waals surface area contributed by atoms with Gasteiger partial charge in [-0.3, -0.25) is 0 Å². The maximum Gasteiger partial charge on any atom is 0.0781 e. The quantitative estimate of drug-likeness (QED) is 0.609. The molecule has 0 heterocycles. The Hall–Kier alpha value is -0.160. The summed E-state index contributed by atoms with van der Waals surface area (Å²) >= 11 is 0. The highest BCUT2D eigenvalue weighted by Crippen LogP contribution is 2.03. The van der Waals surface area contributed by atoms with E-state index in [0.29, 0.717) is 26.1 Å². The second kappa shape index (κ2) is 8.17. The third kappa shape index (κ3) is 8.44. The molecule has 0 radical (unpaired) electrons. The van der Waals surface area contributed by atoms with Crippen molar-refractivity contribution in [2.45, 2.75) is 45.0 Å². The molecule has 0 aromatic heterocycles. The van der Waals surface area contributed by atoms with E-state index in [-0.39, 0.29) is 12.2 Å². The largest absolute Gasteiger partial charge is 0.393 e. The van der Waals surface area contributed by atoms with Crippen LogP contribution in [0.25, 0.3) is 0 Å². The van der Waals surface area contributed by atoms with Gasteiger partial charge in [0.05, 0.1) is 31.5 Å². The molecule has 0 aliphatic carbocycles. The van der Waals surface area contributed by atoms with Crippen molar-refractivity contribution in [3.63, 3.8) is 0 Å². The van der Waals surface area contributed by atoms with Gasteiger partial charge in [-0.15, -0.1) is 0 Å². The molecule has 0 aromatic rings. The Bertz CT molecular complexity index is 127. The zero-order valence-electron chi connectivity index (χ0n) is 9.27. The molecule has 0 saturated carbocycles. The van der Waals surface area contributed by atoms with Crippen molar-refractivity contribution in [1.29, 1.82) is 0 Å². The normalized spacial score (nSPS) is 17.8. The molecule has 0 rings (SSSR count). The first-order chi connectivity index (χ1) is 6.56. The first-order valence-electron chi connectivity index (χ1n) is 5.03. The lowest BCUT2D eigenvalue weighted by Crippen LogP contribution is -2.23. The van der Waals surface area contributed by atoms with Crippen molar-refractivity contribution in [2.24, 2.45) is 0 Å². The third-order valence-corrected chi connectivity index (χ3v) is 1.89. The van der Waals surface area contributed by atoms with Gasteiger partial charge in [-0.05, 0) is 26.7 Å². The van der Waals surface area contributed by atoms with E-state index in [1.54, 1.807) is 14.0 Å². The highest BCUT2D eigenvalue weighted by atomic mass is 16.5. The van der Waals surface area contributed by atoms with E-state index in [1.165, 1.54) is 0 Å². The smallest absolute Gasteiger partial charge is 0.0781 e. The second-order valence-electron chi connectivity index (χ2n) is 3.68. The molecule has 0 aliphatic heterocycles. The SMILES string of the molecule is COCC(C)OCC(O)CCC(C)O. The summed E-state index contributed by atoms with van der Waals surface area (Å²) in [5.41, 5.74) is 0. The van der Waals surface area contributed by atoms with Crippen molar-refractivity contribution in [1.82, 2.24) is 0 Å². The van der Waals surface area contributed by atoms with Crippen LogP contribution in [0.2, 0.25) is 0 Å². The lowest BCUT2D eigenvalue weighted by molar-refractivity contribution is -0.0360. The van der Waals surface area contributed by atoms with Gasteiger partial charge in [0, 0.05) is 7.11 Å². The summed E-state index contributed by atoms with van der Waals surface area (Å²) in [6.07, 6.45) is 0.312. The molecule has 0 aromatic carbocycles. The Morgan fingerprint density at radius 1 is 1.07 bits per heavy atom. The fourth-order valence-corrected chi connectivity index (χ4v) is 1.08. The molecule has 0 saturated heterocycles. The summed E-state index contributed by atoms with van der Waals surface area (Å²) < 4.78 is 10.2. The second-order valence-corrected chi connectivity index (χ2v) is 3.68. The number of aliphatic hydroxyl groups is 2. The summed E-state index contributed by atoms with van der Waals surface area (Å²) in [6, 6.07) is 0. The van der Waals surface area contributed by atoms with Gasteiger partial charge in [0.25, 0.3) is 0 Å². The van der Waals surface area contributed by atoms with Gasteiger partial charge in [0.2, 0.25) is 0 Å². The highest BCUT2D eigenvalue weighted by Gasteiger charge is 2.09. The average Bonchev–Trinajstić information content (AvgIpc) is 2.12. The van der Waals surface area contributed by atoms with Crippen LogP contribution in [0.1, 0.15) is 26.7 Å². The lowest BCUT2D eigenvalue weighted by atomic mass is 10.1. The van der Waals surface area contributed by atoms with Crippen LogP contribution in [0.4, 0.5) is 0 Å². The van der Waals surface area contributed by atoms with E-state index in [0.717, 1.165) is 0 Å².